The molecule has 0 radical (unpaired) electrons. The van der Waals surface area contributed by atoms with Crippen molar-refractivity contribution in [1.82, 2.24) is 0 Å². The van der Waals surface area contributed by atoms with Gasteiger partial charge in [0.25, 0.3) is 0 Å². The van der Waals surface area contributed by atoms with E-state index in [1.165, 1.54) is 7.11 Å². The van der Waals surface area contributed by atoms with E-state index in [1.54, 1.807) is 0 Å². The summed E-state index contributed by atoms with van der Waals surface area (Å²) in [4.78, 5) is 32.4. The minimum atomic E-state index is -1.20. The van der Waals surface area contributed by atoms with Crippen LogP contribution in [0.4, 0.5) is 0 Å². The van der Waals surface area contributed by atoms with Crippen LogP contribution in [0.15, 0.2) is 60.8 Å². The number of hydrogen-bond donors (Lipinski definition) is 4. The van der Waals surface area contributed by atoms with Crippen molar-refractivity contribution in [2.75, 3.05) is 20.3 Å². The molecule has 2 saturated heterocycles. The number of rotatable bonds is 3. The van der Waals surface area contributed by atoms with Crippen molar-refractivity contribution >= 4 is 17.9 Å². The van der Waals surface area contributed by atoms with Gasteiger partial charge in [-0.05, 0) is 24.0 Å². The highest BCUT2D eigenvalue weighted by Gasteiger charge is 2.46. The highest BCUT2D eigenvalue weighted by molar-refractivity contribution is 5.91. The van der Waals surface area contributed by atoms with Gasteiger partial charge in [-0.3, -0.25) is 0 Å². The molecule has 0 amide bonds. The fourth-order valence-electron chi connectivity index (χ4n) is 3.60. The molecule has 38 heavy (non-hydrogen) atoms. The molecule has 1 aliphatic carbocycles. The van der Waals surface area contributed by atoms with Crippen LogP contribution in [0.3, 0.4) is 0 Å². The summed E-state index contributed by atoms with van der Waals surface area (Å²) in [6, 6.07) is 0. The van der Waals surface area contributed by atoms with Gasteiger partial charge in [-0.1, -0.05) is 47.7 Å². The maximum atomic E-state index is 11.6. The second kappa shape index (κ2) is 17.5. The largest absolute Gasteiger partial charge is 0.466 e. The first-order valence-electron chi connectivity index (χ1n) is 11.4. The second-order valence-electron chi connectivity index (χ2n) is 8.56. The molecule has 1 saturated carbocycles. The second-order valence-corrected chi connectivity index (χ2v) is 8.56. The van der Waals surface area contributed by atoms with Gasteiger partial charge in [0.2, 0.25) is 0 Å². The summed E-state index contributed by atoms with van der Waals surface area (Å²) in [6.45, 7) is 18.5. The molecular formula is C28H44O10. The number of aliphatic hydroxyl groups is 4. The predicted molar refractivity (Wildman–Crippen MR) is 144 cm³/mol. The van der Waals surface area contributed by atoms with Gasteiger partial charge in [0, 0.05) is 42.6 Å². The van der Waals surface area contributed by atoms with Crippen LogP contribution in [0, 0.1) is 5.92 Å². The van der Waals surface area contributed by atoms with Gasteiger partial charge in [-0.25, -0.2) is 14.4 Å². The van der Waals surface area contributed by atoms with Crippen molar-refractivity contribution in [3.05, 3.63) is 60.8 Å². The normalized spacial score (nSPS) is 26.5. The number of hydrogen-bond acceptors (Lipinski definition) is 10. The van der Waals surface area contributed by atoms with Gasteiger partial charge < -0.3 is 34.6 Å². The average molecular weight is 541 g/mol. The molecule has 0 spiro atoms. The van der Waals surface area contributed by atoms with Crippen LogP contribution >= 0.6 is 0 Å². The third-order valence-corrected chi connectivity index (χ3v) is 5.92. The van der Waals surface area contributed by atoms with Gasteiger partial charge in [-0.15, -0.1) is 0 Å². The first kappa shape index (κ1) is 37.1. The van der Waals surface area contributed by atoms with Gasteiger partial charge in [0.1, 0.15) is 12.2 Å². The molecule has 10 nitrogen and oxygen atoms in total. The maximum absolute atomic E-state index is 11.6. The molecule has 2 aliphatic heterocycles. The lowest BCUT2D eigenvalue weighted by molar-refractivity contribution is -0.140. The van der Waals surface area contributed by atoms with Gasteiger partial charge >= 0.3 is 17.9 Å². The SMILES string of the molecule is C.C.C=C(CCO)C(=O)OC.C=C1C(=O)OC2CC(=C)[C@@H](O)CCC(=C)[C@@H](O)[C@@H](O)C12.C=C1CCOC1=O. The first-order chi connectivity index (χ1) is 16.8. The highest BCUT2D eigenvalue weighted by Crippen LogP contribution is 2.37. The average Bonchev–Trinajstić information content (AvgIpc) is 3.35. The van der Waals surface area contributed by atoms with Crippen LogP contribution in [0.25, 0.3) is 0 Å². The van der Waals surface area contributed by atoms with E-state index >= 15 is 0 Å². The number of aliphatic hydroxyl groups excluding tert-OH is 4. The fourth-order valence-corrected chi connectivity index (χ4v) is 3.60. The van der Waals surface area contributed by atoms with E-state index in [0.29, 0.717) is 48.2 Å². The summed E-state index contributed by atoms with van der Waals surface area (Å²) in [5.41, 5.74) is 1.99. The number of carbonyl (C=O) groups is 3. The van der Waals surface area contributed by atoms with Crippen molar-refractivity contribution < 1.29 is 49.0 Å². The lowest BCUT2D eigenvalue weighted by Gasteiger charge is -2.30. The Hall–Kier alpha value is -3.05. The lowest BCUT2D eigenvalue weighted by Crippen LogP contribution is -2.40. The van der Waals surface area contributed by atoms with E-state index in [2.05, 4.69) is 42.4 Å². The first-order valence-corrected chi connectivity index (χ1v) is 11.4. The zero-order chi connectivity index (χ0) is 27.6. The molecule has 0 aromatic heterocycles. The van der Waals surface area contributed by atoms with Crippen LogP contribution in [0.2, 0.25) is 0 Å². The molecule has 3 fully saturated rings. The molecule has 2 heterocycles. The number of fused-ring (bicyclic) bond motifs is 1. The Kier molecular flexibility index (Phi) is 17.0. The van der Waals surface area contributed by atoms with Crippen molar-refractivity contribution in [2.24, 2.45) is 5.92 Å². The number of esters is 3. The van der Waals surface area contributed by atoms with E-state index in [1.807, 2.05) is 0 Å². The molecule has 3 rings (SSSR count). The van der Waals surface area contributed by atoms with Crippen molar-refractivity contribution in [3.63, 3.8) is 0 Å². The van der Waals surface area contributed by atoms with Crippen LogP contribution in [-0.2, 0) is 28.6 Å². The summed E-state index contributed by atoms with van der Waals surface area (Å²) in [5, 5.41) is 38.7. The quantitative estimate of drug-likeness (QED) is 0.181. The van der Waals surface area contributed by atoms with Crippen molar-refractivity contribution in [3.8, 4) is 0 Å². The fraction of sp³-hybridized carbons (Fsp3) is 0.536. The highest BCUT2D eigenvalue weighted by atomic mass is 16.6. The smallest absolute Gasteiger partial charge is 0.334 e. The topological polar surface area (TPSA) is 160 Å². The molecule has 0 aromatic rings. The summed E-state index contributed by atoms with van der Waals surface area (Å²) in [5.74, 6) is -1.99. The Morgan fingerprint density at radius 3 is 2.08 bits per heavy atom. The molecule has 3 aliphatic rings. The maximum Gasteiger partial charge on any atom is 0.334 e. The predicted octanol–water partition coefficient (Wildman–Crippen LogP) is 2.32. The zero-order valence-electron chi connectivity index (χ0n) is 20.6. The van der Waals surface area contributed by atoms with Gasteiger partial charge in [0.15, 0.2) is 0 Å². The lowest BCUT2D eigenvalue weighted by atomic mass is 9.81. The number of cyclic esters (lactones) is 1. The summed E-state index contributed by atoms with van der Waals surface area (Å²) in [7, 11) is 1.28. The molecular weight excluding hydrogens is 496 g/mol. The molecule has 5 atom stereocenters. The van der Waals surface area contributed by atoms with Crippen molar-refractivity contribution in [2.45, 2.75) is 71.4 Å². The van der Waals surface area contributed by atoms with E-state index in [0.717, 1.165) is 0 Å². The molecule has 216 valence electrons. The third kappa shape index (κ3) is 10.4. The van der Waals surface area contributed by atoms with Crippen LogP contribution < -0.4 is 0 Å². The van der Waals surface area contributed by atoms with Gasteiger partial charge in [0.05, 0.1) is 31.8 Å². The standard InChI is InChI=1S/C15H20O5.C6H10O3.C5H6O2.2CH4/c1-7-4-5-10(16)8(2)6-11-12(14(18)13(7)17)9(3)15(19)20-11;1-5(3-4-7)6(8)9-2;1-4-2-3-7-5(4)6;;/h10-14,16-18H,1-6H2;7H,1,3-4H2,2H3;1-3H2;2*1H4/t10-,11?,12?,13+,14-;;;;/m0..../s1. The molecule has 0 bridgehead atoms. The monoisotopic (exact) mass is 540 g/mol. The number of ether oxygens (including phenoxy) is 3. The van der Waals surface area contributed by atoms with E-state index < -0.39 is 42.3 Å². The number of carbonyl (C=O) groups excluding carboxylic acids is 3. The van der Waals surface area contributed by atoms with Crippen LogP contribution in [-0.4, -0.2) is 83.1 Å². The Balaban J connectivity index is 0. The van der Waals surface area contributed by atoms with Gasteiger partial charge in [-0.2, -0.15) is 0 Å². The Morgan fingerprint density at radius 2 is 1.63 bits per heavy atom. The molecule has 4 N–H and O–H groups in total. The van der Waals surface area contributed by atoms with E-state index in [4.69, 9.17) is 9.84 Å². The van der Waals surface area contributed by atoms with E-state index in [-0.39, 0.29) is 45.8 Å². The zero-order valence-corrected chi connectivity index (χ0v) is 20.6. The molecule has 0 aromatic carbocycles. The molecule has 2 unspecified atom stereocenters. The minimum absolute atomic E-state index is 0. The summed E-state index contributed by atoms with van der Waals surface area (Å²) < 4.78 is 14.0. The Labute approximate surface area is 225 Å². The summed E-state index contributed by atoms with van der Waals surface area (Å²) in [6.07, 6.45) is -1.81. The van der Waals surface area contributed by atoms with Crippen LogP contribution in [0.5, 0.6) is 0 Å². The van der Waals surface area contributed by atoms with E-state index in [9.17, 15) is 29.7 Å². The summed E-state index contributed by atoms with van der Waals surface area (Å²) >= 11 is 0. The third-order valence-electron chi connectivity index (χ3n) is 5.92. The minimum Gasteiger partial charge on any atom is -0.466 e. The van der Waals surface area contributed by atoms with Crippen LogP contribution in [0.1, 0.15) is 47.0 Å². The molecule has 10 heteroatoms. The number of methoxy groups -OCH3 is 1. The Morgan fingerprint density at radius 1 is 1.03 bits per heavy atom. The Bertz CT molecular complexity index is 889. The van der Waals surface area contributed by atoms with Crippen molar-refractivity contribution in [1.29, 1.82) is 0 Å².